The molecular formula is C23H25BO3. The Labute approximate surface area is 161 Å². The van der Waals surface area contributed by atoms with Gasteiger partial charge in [-0.2, -0.15) is 0 Å². The molecule has 0 aromatic heterocycles. The lowest BCUT2D eigenvalue weighted by molar-refractivity contribution is -0.0228. The zero-order valence-electron chi connectivity index (χ0n) is 16.1. The van der Waals surface area contributed by atoms with Gasteiger partial charge in [-0.1, -0.05) is 60.7 Å². The number of fused-ring (bicyclic) bond motifs is 1. The van der Waals surface area contributed by atoms with Gasteiger partial charge in [-0.3, -0.25) is 0 Å². The maximum absolute atomic E-state index is 6.24. The summed E-state index contributed by atoms with van der Waals surface area (Å²) in [6, 6.07) is 22.6. The van der Waals surface area contributed by atoms with Gasteiger partial charge in [0.2, 0.25) is 0 Å². The normalized spacial score (nSPS) is 19.2. The minimum Gasteiger partial charge on any atom is -0.488 e. The maximum atomic E-state index is 6.24. The molecule has 0 bridgehead atoms. The van der Waals surface area contributed by atoms with E-state index in [-0.39, 0.29) is 18.8 Å². The van der Waals surface area contributed by atoms with Gasteiger partial charge in [0.05, 0.1) is 5.60 Å². The summed E-state index contributed by atoms with van der Waals surface area (Å²) in [7, 11) is -0.364. The van der Waals surface area contributed by atoms with Crippen LogP contribution < -0.4 is 10.2 Å². The second kappa shape index (κ2) is 7.38. The van der Waals surface area contributed by atoms with Crippen LogP contribution in [-0.4, -0.2) is 18.8 Å². The molecule has 0 aliphatic carbocycles. The van der Waals surface area contributed by atoms with Gasteiger partial charge in [0.1, 0.15) is 12.4 Å². The molecule has 1 unspecified atom stereocenters. The van der Waals surface area contributed by atoms with E-state index in [4.69, 9.17) is 14.0 Å². The summed E-state index contributed by atoms with van der Waals surface area (Å²) in [4.78, 5) is 0. The third-order valence-electron chi connectivity index (χ3n) is 4.97. The van der Waals surface area contributed by atoms with Gasteiger partial charge in [0.15, 0.2) is 0 Å². The summed E-state index contributed by atoms with van der Waals surface area (Å²) in [5.41, 5.74) is 2.00. The first-order valence-corrected chi connectivity index (χ1v) is 9.53. The smallest absolute Gasteiger partial charge is 0.488 e. The quantitative estimate of drug-likeness (QED) is 0.631. The molecule has 0 amide bonds. The van der Waals surface area contributed by atoms with E-state index in [0.29, 0.717) is 6.61 Å². The van der Waals surface area contributed by atoms with Crippen molar-refractivity contribution in [3.63, 3.8) is 0 Å². The fourth-order valence-electron chi connectivity index (χ4n) is 3.82. The number of rotatable bonds is 4. The van der Waals surface area contributed by atoms with Crippen LogP contribution in [0.5, 0.6) is 5.75 Å². The zero-order valence-corrected chi connectivity index (χ0v) is 16.1. The van der Waals surface area contributed by atoms with Gasteiger partial charge in [-0.25, -0.2) is 0 Å². The second-order valence-corrected chi connectivity index (χ2v) is 7.83. The molecule has 4 heteroatoms. The fraction of sp³-hybridized carbons (Fsp3) is 0.304. The molecule has 138 valence electrons. The summed E-state index contributed by atoms with van der Waals surface area (Å²) in [6.07, 6.45) is 1.05. The third kappa shape index (κ3) is 4.02. The Morgan fingerprint density at radius 1 is 0.963 bits per heavy atom. The van der Waals surface area contributed by atoms with Crippen LogP contribution >= 0.6 is 0 Å². The molecule has 1 heterocycles. The molecule has 1 aliphatic rings. The highest BCUT2D eigenvalue weighted by Crippen LogP contribution is 2.29. The van der Waals surface area contributed by atoms with Gasteiger partial charge in [0.25, 0.3) is 0 Å². The van der Waals surface area contributed by atoms with Crippen LogP contribution in [-0.2, 0) is 15.9 Å². The SMILES string of the molecule is CC1CC(C)(C)OB(c2ccc(OCc3ccccc3)c3ccccc23)O1. The van der Waals surface area contributed by atoms with E-state index in [0.717, 1.165) is 34.0 Å². The van der Waals surface area contributed by atoms with Crippen LogP contribution in [0.4, 0.5) is 0 Å². The molecule has 3 aromatic rings. The first kappa shape index (κ1) is 18.1. The van der Waals surface area contributed by atoms with E-state index in [1.165, 1.54) is 0 Å². The molecule has 1 fully saturated rings. The van der Waals surface area contributed by atoms with E-state index < -0.39 is 0 Å². The van der Waals surface area contributed by atoms with Crippen molar-refractivity contribution in [2.24, 2.45) is 0 Å². The van der Waals surface area contributed by atoms with Crippen LogP contribution in [0.25, 0.3) is 10.8 Å². The average molecular weight is 360 g/mol. The van der Waals surface area contributed by atoms with Gasteiger partial charge < -0.3 is 14.0 Å². The standard InChI is InChI=1S/C23H25BO3/c1-17-15-23(2,3)27-24(26-17)21-13-14-22(20-12-8-7-11-19(20)21)25-16-18-9-5-4-6-10-18/h4-14,17H,15-16H2,1-3H3. The minimum atomic E-state index is -0.364. The van der Waals surface area contributed by atoms with Crippen molar-refractivity contribution < 1.29 is 14.0 Å². The number of benzene rings is 3. The summed E-state index contributed by atoms with van der Waals surface area (Å²) < 4.78 is 18.5. The molecule has 0 saturated carbocycles. The molecule has 0 radical (unpaired) electrons. The van der Waals surface area contributed by atoms with Gasteiger partial charge in [0, 0.05) is 11.5 Å². The van der Waals surface area contributed by atoms with Crippen LogP contribution in [0.2, 0.25) is 0 Å². The molecule has 0 spiro atoms. The Morgan fingerprint density at radius 2 is 1.67 bits per heavy atom. The van der Waals surface area contributed by atoms with E-state index in [9.17, 15) is 0 Å². The zero-order chi connectivity index (χ0) is 18.9. The van der Waals surface area contributed by atoms with Gasteiger partial charge in [-0.05, 0) is 49.7 Å². The van der Waals surface area contributed by atoms with Gasteiger partial charge in [-0.15, -0.1) is 0 Å². The highest BCUT2D eigenvalue weighted by molar-refractivity contribution is 6.64. The number of hydrogen-bond acceptors (Lipinski definition) is 3. The van der Waals surface area contributed by atoms with Crippen molar-refractivity contribution >= 4 is 23.4 Å². The first-order valence-electron chi connectivity index (χ1n) is 9.53. The Balaban J connectivity index is 1.66. The van der Waals surface area contributed by atoms with Crippen LogP contribution in [0.15, 0.2) is 66.7 Å². The summed E-state index contributed by atoms with van der Waals surface area (Å²) >= 11 is 0. The number of ether oxygens (including phenoxy) is 1. The fourth-order valence-corrected chi connectivity index (χ4v) is 3.82. The molecule has 1 saturated heterocycles. The lowest BCUT2D eigenvalue weighted by Crippen LogP contribution is -2.51. The molecule has 3 nitrogen and oxygen atoms in total. The van der Waals surface area contributed by atoms with Crippen molar-refractivity contribution in [3.8, 4) is 5.75 Å². The van der Waals surface area contributed by atoms with E-state index in [2.05, 4.69) is 51.1 Å². The minimum absolute atomic E-state index is 0.159. The van der Waals surface area contributed by atoms with Crippen molar-refractivity contribution in [3.05, 3.63) is 72.3 Å². The number of hydrogen-bond donors (Lipinski definition) is 0. The molecule has 1 aliphatic heterocycles. The lowest BCUT2D eigenvalue weighted by atomic mass is 9.72. The van der Waals surface area contributed by atoms with Crippen LogP contribution in [0, 0.1) is 0 Å². The Bertz CT molecular complexity index is 923. The predicted molar refractivity (Wildman–Crippen MR) is 110 cm³/mol. The first-order chi connectivity index (χ1) is 13.0. The Hall–Kier alpha value is -2.30. The van der Waals surface area contributed by atoms with E-state index >= 15 is 0 Å². The lowest BCUT2D eigenvalue weighted by Gasteiger charge is -2.38. The van der Waals surface area contributed by atoms with Gasteiger partial charge >= 0.3 is 7.12 Å². The van der Waals surface area contributed by atoms with Crippen molar-refractivity contribution in [2.45, 2.75) is 45.5 Å². The topological polar surface area (TPSA) is 27.7 Å². The maximum Gasteiger partial charge on any atom is 0.495 e. The Morgan fingerprint density at radius 3 is 2.41 bits per heavy atom. The molecule has 4 rings (SSSR count). The molecule has 1 atom stereocenters. The van der Waals surface area contributed by atoms with Crippen molar-refractivity contribution in [1.82, 2.24) is 0 Å². The van der Waals surface area contributed by atoms with Crippen LogP contribution in [0.1, 0.15) is 32.8 Å². The summed E-state index contributed by atoms with van der Waals surface area (Å²) in [6.45, 7) is 6.90. The predicted octanol–water partition coefficient (Wildman–Crippen LogP) is 4.72. The Kier molecular flexibility index (Phi) is 4.94. The third-order valence-corrected chi connectivity index (χ3v) is 4.97. The van der Waals surface area contributed by atoms with E-state index in [1.54, 1.807) is 0 Å². The monoisotopic (exact) mass is 360 g/mol. The highest BCUT2D eigenvalue weighted by atomic mass is 16.6. The van der Waals surface area contributed by atoms with Crippen LogP contribution in [0.3, 0.4) is 0 Å². The van der Waals surface area contributed by atoms with Crippen molar-refractivity contribution in [1.29, 1.82) is 0 Å². The molecule has 27 heavy (non-hydrogen) atoms. The summed E-state index contributed by atoms with van der Waals surface area (Å²) in [5.74, 6) is 0.876. The average Bonchev–Trinajstić information content (AvgIpc) is 2.65. The van der Waals surface area contributed by atoms with Crippen molar-refractivity contribution in [2.75, 3.05) is 0 Å². The molecule has 3 aromatic carbocycles. The summed E-state index contributed by atoms with van der Waals surface area (Å²) in [5, 5.41) is 2.19. The van der Waals surface area contributed by atoms with E-state index in [1.807, 2.05) is 36.4 Å². The molecular weight excluding hydrogens is 335 g/mol. The highest BCUT2D eigenvalue weighted by Gasteiger charge is 2.39. The largest absolute Gasteiger partial charge is 0.495 e. The second-order valence-electron chi connectivity index (χ2n) is 7.83. The molecule has 0 N–H and O–H groups in total.